The summed E-state index contributed by atoms with van der Waals surface area (Å²) in [4.78, 5) is 26.5. The average molecular weight is 260 g/mol. The Hall–Kier alpha value is -2.28. The van der Waals surface area contributed by atoms with Crippen LogP contribution < -0.4 is 0 Å². The third-order valence-electron chi connectivity index (χ3n) is 2.45. The molecule has 0 aliphatic heterocycles. The minimum Gasteiger partial charge on any atom is -0.478 e. The molecule has 0 fully saturated rings. The zero-order valence-corrected chi connectivity index (χ0v) is 10.2. The Morgan fingerprint density at radius 1 is 1.44 bits per heavy atom. The molecule has 3 aromatic rings. The zero-order valence-electron chi connectivity index (χ0n) is 9.34. The summed E-state index contributed by atoms with van der Waals surface area (Å²) < 4.78 is 0. The summed E-state index contributed by atoms with van der Waals surface area (Å²) in [5, 5.41) is 11.7. The minimum absolute atomic E-state index is 0.132. The number of hydrogen-bond donors (Lipinski definition) is 2. The number of imidazole rings is 1. The second-order valence-corrected chi connectivity index (χ2v) is 4.80. The van der Waals surface area contributed by atoms with Gasteiger partial charge in [0.15, 0.2) is 11.5 Å². The lowest BCUT2D eigenvalue weighted by molar-refractivity contribution is 0.0696. The molecule has 0 unspecified atom stereocenters. The summed E-state index contributed by atoms with van der Waals surface area (Å²) >= 11 is 1.53. The van der Waals surface area contributed by atoms with Crippen LogP contribution in [0.3, 0.4) is 0 Å². The number of aromatic amines is 1. The predicted octanol–water partition coefficient (Wildman–Crippen LogP) is 2.09. The monoisotopic (exact) mass is 260 g/mol. The Morgan fingerprint density at radius 3 is 2.94 bits per heavy atom. The van der Waals surface area contributed by atoms with Crippen molar-refractivity contribution in [3.63, 3.8) is 0 Å². The van der Waals surface area contributed by atoms with Gasteiger partial charge in [-0.3, -0.25) is 0 Å². The fourth-order valence-electron chi connectivity index (χ4n) is 1.61. The number of nitrogens with one attached hydrogen (secondary N) is 1. The highest BCUT2D eigenvalue weighted by Crippen LogP contribution is 2.21. The van der Waals surface area contributed by atoms with Crippen LogP contribution in [0.15, 0.2) is 17.6 Å². The quantitative estimate of drug-likeness (QED) is 0.736. The van der Waals surface area contributed by atoms with Gasteiger partial charge < -0.3 is 10.1 Å². The summed E-state index contributed by atoms with van der Waals surface area (Å²) in [6, 6.07) is 1.51. The van der Waals surface area contributed by atoms with Crippen molar-refractivity contribution < 1.29 is 9.90 Å². The molecule has 7 heteroatoms. The van der Waals surface area contributed by atoms with E-state index >= 15 is 0 Å². The first-order chi connectivity index (χ1) is 8.63. The van der Waals surface area contributed by atoms with E-state index in [0.717, 1.165) is 10.7 Å². The molecular formula is C11H8N4O2S. The lowest BCUT2D eigenvalue weighted by atomic mass is 10.3. The molecule has 18 heavy (non-hydrogen) atoms. The van der Waals surface area contributed by atoms with E-state index in [0.29, 0.717) is 17.0 Å². The van der Waals surface area contributed by atoms with Crippen molar-refractivity contribution in [2.75, 3.05) is 0 Å². The molecule has 3 heterocycles. The van der Waals surface area contributed by atoms with E-state index in [1.807, 2.05) is 12.3 Å². The minimum atomic E-state index is -1.01. The highest BCUT2D eigenvalue weighted by Gasteiger charge is 2.11. The van der Waals surface area contributed by atoms with Crippen LogP contribution in [0.1, 0.15) is 15.4 Å². The molecule has 0 bridgehead atoms. The Bertz CT molecular complexity index is 746. The van der Waals surface area contributed by atoms with Crippen LogP contribution in [0.4, 0.5) is 0 Å². The number of aromatic carboxylic acids is 1. The van der Waals surface area contributed by atoms with Gasteiger partial charge in [0.25, 0.3) is 0 Å². The third-order valence-corrected chi connectivity index (χ3v) is 3.22. The first kappa shape index (κ1) is 10.8. The number of pyridine rings is 1. The molecule has 3 aromatic heterocycles. The van der Waals surface area contributed by atoms with Crippen molar-refractivity contribution in [2.45, 2.75) is 6.92 Å². The number of aryl methyl sites for hydroxylation is 1. The Morgan fingerprint density at radius 2 is 2.28 bits per heavy atom. The molecule has 0 aliphatic rings. The van der Waals surface area contributed by atoms with Gasteiger partial charge in [0.05, 0.1) is 16.1 Å². The van der Waals surface area contributed by atoms with Crippen LogP contribution in [0, 0.1) is 6.92 Å². The van der Waals surface area contributed by atoms with Gasteiger partial charge >= 0.3 is 5.97 Å². The normalized spacial score (nSPS) is 10.9. The lowest BCUT2D eigenvalue weighted by Gasteiger charge is -1.91. The topological polar surface area (TPSA) is 91.8 Å². The second kappa shape index (κ2) is 3.88. The van der Waals surface area contributed by atoms with Gasteiger partial charge in [0, 0.05) is 11.6 Å². The summed E-state index contributed by atoms with van der Waals surface area (Å²) in [7, 11) is 0. The van der Waals surface area contributed by atoms with Crippen LogP contribution >= 0.6 is 11.3 Å². The number of nitrogens with zero attached hydrogens (tertiary/aromatic N) is 3. The highest BCUT2D eigenvalue weighted by molar-refractivity contribution is 7.09. The molecule has 90 valence electrons. The number of carboxylic acids is 1. The molecule has 0 aromatic carbocycles. The molecule has 2 N–H and O–H groups in total. The molecular weight excluding hydrogens is 252 g/mol. The number of carbonyl (C=O) groups is 1. The van der Waals surface area contributed by atoms with Crippen LogP contribution in [0.25, 0.3) is 22.7 Å². The van der Waals surface area contributed by atoms with Crippen molar-refractivity contribution in [2.24, 2.45) is 0 Å². The fourth-order valence-corrected chi connectivity index (χ4v) is 2.21. The molecule has 0 amide bonds. The van der Waals surface area contributed by atoms with Crippen molar-refractivity contribution in [3.8, 4) is 11.5 Å². The number of rotatable bonds is 2. The molecule has 3 rings (SSSR count). The molecule has 0 saturated carbocycles. The van der Waals surface area contributed by atoms with Crippen LogP contribution in [0.5, 0.6) is 0 Å². The maximum Gasteiger partial charge on any atom is 0.337 e. The summed E-state index contributed by atoms with van der Waals surface area (Å²) in [6.07, 6.45) is 1.29. The van der Waals surface area contributed by atoms with Gasteiger partial charge in [-0.2, -0.15) is 0 Å². The lowest BCUT2D eigenvalue weighted by Crippen LogP contribution is -1.96. The number of fused-ring (bicyclic) bond motifs is 1. The van der Waals surface area contributed by atoms with Crippen LogP contribution in [0.2, 0.25) is 0 Å². The molecule has 0 atom stereocenters. The number of H-pyrrole nitrogens is 1. The van der Waals surface area contributed by atoms with Gasteiger partial charge in [-0.05, 0) is 13.0 Å². The van der Waals surface area contributed by atoms with E-state index in [2.05, 4.69) is 19.9 Å². The van der Waals surface area contributed by atoms with Crippen molar-refractivity contribution in [3.05, 3.63) is 28.2 Å². The summed E-state index contributed by atoms with van der Waals surface area (Å²) in [5.41, 5.74) is 1.95. The van der Waals surface area contributed by atoms with Gasteiger partial charge in [0.1, 0.15) is 5.69 Å². The van der Waals surface area contributed by atoms with Crippen molar-refractivity contribution in [1.29, 1.82) is 0 Å². The van der Waals surface area contributed by atoms with E-state index in [-0.39, 0.29) is 5.56 Å². The molecule has 0 saturated heterocycles. The average Bonchev–Trinajstić information content (AvgIpc) is 2.93. The molecule has 0 spiro atoms. The highest BCUT2D eigenvalue weighted by atomic mass is 32.1. The van der Waals surface area contributed by atoms with E-state index in [4.69, 9.17) is 5.11 Å². The second-order valence-electron chi connectivity index (χ2n) is 3.74. The van der Waals surface area contributed by atoms with E-state index in [1.165, 1.54) is 23.6 Å². The van der Waals surface area contributed by atoms with Gasteiger partial charge in [-0.15, -0.1) is 11.3 Å². The van der Waals surface area contributed by atoms with E-state index in [9.17, 15) is 4.79 Å². The molecule has 6 nitrogen and oxygen atoms in total. The smallest absolute Gasteiger partial charge is 0.337 e. The largest absolute Gasteiger partial charge is 0.478 e. The number of thiazole rings is 1. The third kappa shape index (κ3) is 1.74. The Labute approximate surface area is 105 Å². The van der Waals surface area contributed by atoms with Gasteiger partial charge in [-0.1, -0.05) is 0 Å². The number of carboxylic acid groups (broad SMARTS) is 1. The SMILES string of the molecule is Cc1nc(-c2nc3ncc(C(=O)O)cc3[nH]2)cs1. The van der Waals surface area contributed by atoms with Gasteiger partial charge in [-0.25, -0.2) is 19.7 Å². The predicted molar refractivity (Wildman–Crippen MR) is 66.7 cm³/mol. The number of hydrogen-bond acceptors (Lipinski definition) is 5. The van der Waals surface area contributed by atoms with E-state index < -0.39 is 5.97 Å². The van der Waals surface area contributed by atoms with Gasteiger partial charge in [0.2, 0.25) is 0 Å². The van der Waals surface area contributed by atoms with E-state index in [1.54, 1.807) is 0 Å². The standard InChI is InChI=1S/C11H8N4O2S/c1-5-13-8(4-18-5)10-14-7-2-6(11(16)17)3-12-9(7)15-10/h2-4H,1H3,(H,16,17)(H,12,14,15). The number of aromatic nitrogens is 4. The Kier molecular flexibility index (Phi) is 2.34. The maximum atomic E-state index is 10.8. The van der Waals surface area contributed by atoms with Crippen molar-refractivity contribution >= 4 is 28.5 Å². The maximum absolute atomic E-state index is 10.8. The van der Waals surface area contributed by atoms with Crippen LogP contribution in [-0.2, 0) is 0 Å². The fraction of sp³-hybridized carbons (Fsp3) is 0.0909. The Balaban J connectivity index is 2.13. The summed E-state index contributed by atoms with van der Waals surface area (Å²) in [5.74, 6) is -0.408. The first-order valence-electron chi connectivity index (χ1n) is 5.15. The summed E-state index contributed by atoms with van der Waals surface area (Å²) in [6.45, 7) is 1.91. The zero-order chi connectivity index (χ0) is 12.7. The van der Waals surface area contributed by atoms with Crippen LogP contribution in [-0.4, -0.2) is 31.0 Å². The molecule has 0 radical (unpaired) electrons. The molecule has 0 aliphatic carbocycles. The van der Waals surface area contributed by atoms with Crippen molar-refractivity contribution in [1.82, 2.24) is 19.9 Å². The first-order valence-corrected chi connectivity index (χ1v) is 6.03.